The summed E-state index contributed by atoms with van der Waals surface area (Å²) in [6.45, 7) is 10.4. The van der Waals surface area contributed by atoms with Gasteiger partial charge in [0, 0.05) is 30.2 Å². The second kappa shape index (κ2) is 9.51. The number of hydrogen-bond donors (Lipinski definition) is 1. The minimum atomic E-state index is -0.480. The van der Waals surface area contributed by atoms with Gasteiger partial charge in [-0.25, -0.2) is 0 Å². The summed E-state index contributed by atoms with van der Waals surface area (Å²) in [5.74, 6) is -0.563. The molecule has 0 radical (unpaired) electrons. The molecule has 1 fully saturated rings. The van der Waals surface area contributed by atoms with E-state index in [1.165, 1.54) is 22.3 Å². The maximum atomic E-state index is 12.9. The van der Waals surface area contributed by atoms with Crippen molar-refractivity contribution in [1.82, 2.24) is 14.5 Å². The van der Waals surface area contributed by atoms with Gasteiger partial charge in [-0.3, -0.25) is 15.0 Å². The number of carbonyl (C=O) groups is 2. The first-order valence-corrected chi connectivity index (χ1v) is 12.7. The second-order valence-corrected chi connectivity index (χ2v) is 10.2. The van der Waals surface area contributed by atoms with Crippen molar-refractivity contribution in [2.24, 2.45) is 10.1 Å². The van der Waals surface area contributed by atoms with Gasteiger partial charge in [0.1, 0.15) is 5.04 Å². The van der Waals surface area contributed by atoms with Crippen molar-refractivity contribution in [3.8, 4) is 5.69 Å². The maximum Gasteiger partial charge on any atom is 0.283 e. The summed E-state index contributed by atoms with van der Waals surface area (Å²) >= 11 is 1.17. The summed E-state index contributed by atoms with van der Waals surface area (Å²) in [5, 5.41) is 15.3. The van der Waals surface area contributed by atoms with Crippen LogP contribution in [0.15, 0.2) is 39.9 Å². The van der Waals surface area contributed by atoms with E-state index in [-0.39, 0.29) is 23.7 Å². The summed E-state index contributed by atoms with van der Waals surface area (Å²) in [7, 11) is 0. The molecule has 0 aliphatic carbocycles. The number of carbonyl (C=O) groups excluding carboxylic acids is 2. The highest BCUT2D eigenvalue weighted by Gasteiger charge is 2.36. The Balaban J connectivity index is 1.41. The molecule has 36 heavy (non-hydrogen) atoms. The lowest BCUT2D eigenvalue weighted by Gasteiger charge is -2.26. The summed E-state index contributed by atoms with van der Waals surface area (Å²) in [5.41, 5.74) is 6.44. The molecule has 3 aliphatic rings. The number of aromatic nitrogens is 1. The van der Waals surface area contributed by atoms with Crippen molar-refractivity contribution in [3.05, 3.63) is 57.9 Å². The Bertz CT molecular complexity index is 1380. The van der Waals surface area contributed by atoms with Crippen LogP contribution in [0, 0.1) is 33.1 Å². The monoisotopic (exact) mass is 504 g/mol. The van der Waals surface area contributed by atoms with E-state index in [1.807, 2.05) is 19.9 Å². The van der Waals surface area contributed by atoms with Gasteiger partial charge in [-0.1, -0.05) is 12.1 Å². The van der Waals surface area contributed by atoms with Crippen LogP contribution in [0.3, 0.4) is 0 Å². The van der Waals surface area contributed by atoms with Crippen LogP contribution in [-0.2, 0) is 14.3 Å². The van der Waals surface area contributed by atoms with Crippen molar-refractivity contribution in [2.45, 2.75) is 34.1 Å². The number of amidine groups is 2. The highest BCUT2D eigenvalue weighted by atomic mass is 32.2. The summed E-state index contributed by atoms with van der Waals surface area (Å²) in [6, 6.07) is 8.35. The first kappa shape index (κ1) is 24.2. The molecule has 0 unspecified atom stereocenters. The van der Waals surface area contributed by atoms with Crippen molar-refractivity contribution in [1.29, 1.82) is 5.41 Å². The fraction of sp³-hybridized carbons (Fsp3) is 0.346. The van der Waals surface area contributed by atoms with E-state index in [4.69, 9.17) is 10.1 Å². The fourth-order valence-electron chi connectivity index (χ4n) is 4.58. The highest BCUT2D eigenvalue weighted by molar-refractivity contribution is 8.27. The maximum absolute atomic E-state index is 12.9. The number of fused-ring (bicyclic) bond motifs is 1. The summed E-state index contributed by atoms with van der Waals surface area (Å²) in [4.78, 5) is 31.5. The number of aryl methyl sites for hydroxylation is 3. The molecular weight excluding hydrogens is 476 g/mol. The number of thioether (sulfide) groups is 1. The molecule has 1 aromatic heterocycles. The van der Waals surface area contributed by atoms with Crippen LogP contribution in [0.4, 0.5) is 0 Å². The number of hydrogen-bond acceptors (Lipinski definition) is 6. The first-order valence-electron chi connectivity index (χ1n) is 11.8. The highest BCUT2D eigenvalue weighted by Crippen LogP contribution is 2.31. The number of hydrazone groups is 1. The van der Waals surface area contributed by atoms with Gasteiger partial charge in [-0.2, -0.15) is 15.1 Å². The number of nitrogens with zero attached hydrogens (tertiary/aromatic N) is 5. The number of amides is 2. The van der Waals surface area contributed by atoms with Gasteiger partial charge < -0.3 is 14.2 Å². The molecule has 4 heterocycles. The third-order valence-corrected chi connectivity index (χ3v) is 7.45. The number of nitrogens with one attached hydrogen (secondary N) is 1. The standard InChI is InChI=1S/C26H28N6O3S/c1-15-5-6-16(2)21(11-15)31-17(3)12-19(18(31)4)13-20-24(27)32-26(28-25(20)34)36-22(29-32)14-23(33)30-7-9-35-10-8-30/h5-6,11-13,27H,7-10,14H2,1-4H3. The first-order chi connectivity index (χ1) is 17.2. The minimum Gasteiger partial charge on any atom is -0.378 e. The second-order valence-electron chi connectivity index (χ2n) is 9.14. The molecule has 0 bridgehead atoms. The Hall–Kier alpha value is -3.50. The average Bonchev–Trinajstić information content (AvgIpc) is 3.38. The third kappa shape index (κ3) is 4.42. The number of morpholine rings is 1. The van der Waals surface area contributed by atoms with E-state index in [0.29, 0.717) is 36.5 Å². The Morgan fingerprint density at radius 3 is 2.67 bits per heavy atom. The SMILES string of the molecule is Cc1ccc(C)c(-n2c(C)cc(C=C3C(=N)N4N=C(CC(=O)N5CCOCC5)SC4=NC3=O)c2C)c1. The van der Waals surface area contributed by atoms with Crippen LogP contribution in [-0.4, -0.2) is 68.6 Å². The molecule has 1 saturated heterocycles. The van der Waals surface area contributed by atoms with Crippen LogP contribution in [0.25, 0.3) is 11.8 Å². The molecular formula is C26H28N6O3S. The average molecular weight is 505 g/mol. The van der Waals surface area contributed by atoms with E-state index >= 15 is 0 Å². The van der Waals surface area contributed by atoms with Gasteiger partial charge in [-0.05, 0) is 74.4 Å². The predicted molar refractivity (Wildman–Crippen MR) is 142 cm³/mol. The number of ether oxygens (including phenoxy) is 1. The van der Waals surface area contributed by atoms with E-state index < -0.39 is 5.91 Å². The van der Waals surface area contributed by atoms with E-state index in [9.17, 15) is 9.59 Å². The zero-order valence-electron chi connectivity index (χ0n) is 20.8. The van der Waals surface area contributed by atoms with Gasteiger partial charge in [0.15, 0.2) is 5.84 Å². The molecule has 186 valence electrons. The predicted octanol–water partition coefficient (Wildman–Crippen LogP) is 3.58. The molecule has 1 N–H and O–H groups in total. The number of aliphatic imine (C=N–C) groups is 1. The van der Waals surface area contributed by atoms with Crippen molar-refractivity contribution < 1.29 is 14.3 Å². The Kier molecular flexibility index (Phi) is 6.40. The Morgan fingerprint density at radius 2 is 1.92 bits per heavy atom. The van der Waals surface area contributed by atoms with Crippen molar-refractivity contribution >= 4 is 45.7 Å². The molecule has 0 atom stereocenters. The van der Waals surface area contributed by atoms with Crippen LogP contribution in [0.1, 0.15) is 34.5 Å². The van der Waals surface area contributed by atoms with Gasteiger partial charge >= 0.3 is 0 Å². The van der Waals surface area contributed by atoms with E-state index in [1.54, 1.807) is 11.0 Å². The minimum absolute atomic E-state index is 0.0390. The molecule has 2 amide bonds. The van der Waals surface area contributed by atoms with Crippen LogP contribution < -0.4 is 0 Å². The van der Waals surface area contributed by atoms with E-state index in [2.05, 4.69) is 46.7 Å². The zero-order valence-corrected chi connectivity index (χ0v) is 21.6. The Labute approximate surface area is 214 Å². The molecule has 5 rings (SSSR count). The number of rotatable bonds is 4. The largest absolute Gasteiger partial charge is 0.378 e. The van der Waals surface area contributed by atoms with Gasteiger partial charge in [0.2, 0.25) is 11.1 Å². The summed E-state index contributed by atoms with van der Waals surface area (Å²) < 4.78 is 7.47. The van der Waals surface area contributed by atoms with E-state index in [0.717, 1.165) is 28.2 Å². The van der Waals surface area contributed by atoms with Gasteiger partial charge in [0.25, 0.3) is 5.91 Å². The molecule has 1 aromatic carbocycles. The van der Waals surface area contributed by atoms with Crippen LogP contribution in [0.2, 0.25) is 0 Å². The molecule has 0 spiro atoms. The summed E-state index contributed by atoms with van der Waals surface area (Å²) in [6.07, 6.45) is 1.82. The molecule has 10 heteroatoms. The normalized spacial score (nSPS) is 19.1. The topological polar surface area (TPSA) is 103 Å². The van der Waals surface area contributed by atoms with Crippen LogP contribution >= 0.6 is 11.8 Å². The van der Waals surface area contributed by atoms with Crippen LogP contribution in [0.5, 0.6) is 0 Å². The lowest BCUT2D eigenvalue weighted by Crippen LogP contribution is -2.41. The molecule has 0 saturated carbocycles. The molecule has 2 aromatic rings. The molecule has 3 aliphatic heterocycles. The van der Waals surface area contributed by atoms with Crippen molar-refractivity contribution in [2.75, 3.05) is 26.3 Å². The van der Waals surface area contributed by atoms with Crippen molar-refractivity contribution in [3.63, 3.8) is 0 Å². The Morgan fingerprint density at radius 1 is 1.17 bits per heavy atom. The smallest absolute Gasteiger partial charge is 0.283 e. The fourth-order valence-corrected chi connectivity index (χ4v) is 5.45. The third-order valence-electron chi connectivity index (χ3n) is 6.54. The quantitative estimate of drug-likeness (QED) is 0.641. The zero-order chi connectivity index (χ0) is 25.6. The van der Waals surface area contributed by atoms with Gasteiger partial charge in [-0.15, -0.1) is 0 Å². The van der Waals surface area contributed by atoms with Gasteiger partial charge in [0.05, 0.1) is 25.2 Å². The molecule has 9 nitrogen and oxygen atoms in total. The number of benzene rings is 1. The lowest BCUT2D eigenvalue weighted by atomic mass is 10.1. The lowest BCUT2D eigenvalue weighted by molar-refractivity contribution is -0.133.